The van der Waals surface area contributed by atoms with Crippen molar-refractivity contribution in [3.63, 3.8) is 0 Å². The number of halogens is 2. The maximum atomic E-state index is 13.2. The van der Waals surface area contributed by atoms with Crippen LogP contribution in [-0.2, 0) is 6.42 Å². The molecule has 1 aromatic carbocycles. The Bertz CT molecular complexity index is 315. The lowest BCUT2D eigenvalue weighted by Crippen LogP contribution is -2.00. The first-order valence-corrected chi connectivity index (χ1v) is 4.52. The van der Waals surface area contributed by atoms with Gasteiger partial charge in [-0.05, 0) is 37.4 Å². The zero-order valence-corrected chi connectivity index (χ0v) is 7.76. The highest BCUT2D eigenvalue weighted by Crippen LogP contribution is 2.23. The number of aromatic hydroxyl groups is 1. The summed E-state index contributed by atoms with van der Waals surface area (Å²) >= 11 is 0. The molecule has 0 fully saturated rings. The van der Waals surface area contributed by atoms with E-state index in [-0.39, 0.29) is 0 Å². The van der Waals surface area contributed by atoms with Crippen LogP contribution in [0.2, 0.25) is 0 Å². The summed E-state index contributed by atoms with van der Waals surface area (Å²) in [5.74, 6) is -2.68. The standard InChI is InChI=1S/C10H13F2NO/c11-8-5-4-7(3-1-2-6-13)9(12)10(8)14/h4-5,14H,1-3,6,13H2. The summed E-state index contributed by atoms with van der Waals surface area (Å²) in [4.78, 5) is 0. The van der Waals surface area contributed by atoms with Gasteiger partial charge < -0.3 is 10.8 Å². The highest BCUT2D eigenvalue weighted by Gasteiger charge is 2.11. The summed E-state index contributed by atoms with van der Waals surface area (Å²) < 4.78 is 25.8. The Morgan fingerprint density at radius 1 is 1.21 bits per heavy atom. The van der Waals surface area contributed by atoms with Gasteiger partial charge in [-0.15, -0.1) is 0 Å². The molecule has 1 rings (SSSR count). The molecule has 3 N–H and O–H groups in total. The van der Waals surface area contributed by atoms with Crippen molar-refractivity contribution in [3.05, 3.63) is 29.3 Å². The van der Waals surface area contributed by atoms with Gasteiger partial charge in [0.1, 0.15) is 0 Å². The van der Waals surface area contributed by atoms with Crippen molar-refractivity contribution < 1.29 is 13.9 Å². The topological polar surface area (TPSA) is 46.2 Å². The number of rotatable bonds is 4. The number of hydrogen-bond donors (Lipinski definition) is 2. The lowest BCUT2D eigenvalue weighted by Gasteiger charge is -2.04. The van der Waals surface area contributed by atoms with Gasteiger partial charge in [0, 0.05) is 0 Å². The van der Waals surface area contributed by atoms with Crippen LogP contribution in [-0.4, -0.2) is 11.7 Å². The molecule has 0 aliphatic rings. The SMILES string of the molecule is NCCCCc1ccc(F)c(O)c1F. The van der Waals surface area contributed by atoms with Crippen LogP contribution in [0.3, 0.4) is 0 Å². The largest absolute Gasteiger partial charge is 0.503 e. The van der Waals surface area contributed by atoms with Gasteiger partial charge in [0.15, 0.2) is 17.4 Å². The van der Waals surface area contributed by atoms with E-state index in [9.17, 15) is 8.78 Å². The number of phenolic OH excluding ortho intramolecular Hbond substituents is 1. The molecule has 0 aliphatic heterocycles. The van der Waals surface area contributed by atoms with Crippen LogP contribution in [0.15, 0.2) is 12.1 Å². The second-order valence-corrected chi connectivity index (χ2v) is 3.11. The quantitative estimate of drug-likeness (QED) is 0.731. The van der Waals surface area contributed by atoms with Gasteiger partial charge in [-0.1, -0.05) is 6.07 Å². The molecular formula is C10H13F2NO. The molecule has 78 valence electrons. The van der Waals surface area contributed by atoms with Gasteiger partial charge in [-0.2, -0.15) is 0 Å². The van der Waals surface area contributed by atoms with E-state index in [0.717, 1.165) is 18.9 Å². The van der Waals surface area contributed by atoms with Crippen LogP contribution < -0.4 is 5.73 Å². The van der Waals surface area contributed by atoms with E-state index in [1.54, 1.807) is 0 Å². The predicted octanol–water partition coefficient (Wildman–Crippen LogP) is 1.95. The molecule has 0 atom stereocenters. The fraction of sp³-hybridized carbons (Fsp3) is 0.400. The summed E-state index contributed by atoms with van der Waals surface area (Å²) in [6, 6.07) is 2.41. The van der Waals surface area contributed by atoms with E-state index >= 15 is 0 Å². The van der Waals surface area contributed by atoms with Crippen LogP contribution in [0.1, 0.15) is 18.4 Å². The molecule has 0 saturated carbocycles. The monoisotopic (exact) mass is 201 g/mol. The average molecular weight is 201 g/mol. The van der Waals surface area contributed by atoms with E-state index in [4.69, 9.17) is 10.8 Å². The Balaban J connectivity index is 2.73. The maximum Gasteiger partial charge on any atom is 0.188 e. The Labute approximate surface area is 81.4 Å². The van der Waals surface area contributed by atoms with Gasteiger partial charge in [-0.25, -0.2) is 8.78 Å². The zero-order chi connectivity index (χ0) is 10.6. The third kappa shape index (κ3) is 2.42. The van der Waals surface area contributed by atoms with Crippen molar-refractivity contribution >= 4 is 0 Å². The van der Waals surface area contributed by atoms with E-state index in [0.29, 0.717) is 18.5 Å². The summed E-state index contributed by atoms with van der Waals surface area (Å²) in [5, 5.41) is 8.97. The van der Waals surface area contributed by atoms with Crippen LogP contribution in [0.5, 0.6) is 5.75 Å². The fourth-order valence-electron chi connectivity index (χ4n) is 1.24. The van der Waals surface area contributed by atoms with Gasteiger partial charge in [0.05, 0.1) is 0 Å². The third-order valence-corrected chi connectivity index (χ3v) is 2.05. The Hall–Kier alpha value is -1.16. The van der Waals surface area contributed by atoms with Crippen molar-refractivity contribution in [1.29, 1.82) is 0 Å². The minimum atomic E-state index is -0.926. The van der Waals surface area contributed by atoms with Gasteiger partial charge in [0.2, 0.25) is 0 Å². The second kappa shape index (κ2) is 4.91. The number of nitrogens with two attached hydrogens (primary N) is 1. The smallest absolute Gasteiger partial charge is 0.188 e. The average Bonchev–Trinajstić information content (AvgIpc) is 2.18. The Morgan fingerprint density at radius 3 is 2.57 bits per heavy atom. The minimum absolute atomic E-state index is 0.331. The van der Waals surface area contributed by atoms with Crippen LogP contribution in [0, 0.1) is 11.6 Å². The van der Waals surface area contributed by atoms with Crippen LogP contribution in [0.4, 0.5) is 8.78 Å². The Morgan fingerprint density at radius 2 is 1.93 bits per heavy atom. The molecule has 0 unspecified atom stereocenters. The molecule has 0 aliphatic carbocycles. The zero-order valence-electron chi connectivity index (χ0n) is 7.76. The highest BCUT2D eigenvalue weighted by atomic mass is 19.1. The van der Waals surface area contributed by atoms with Gasteiger partial charge in [-0.3, -0.25) is 0 Å². The first-order chi connectivity index (χ1) is 6.66. The number of unbranched alkanes of at least 4 members (excludes halogenated alkanes) is 1. The fourth-order valence-corrected chi connectivity index (χ4v) is 1.24. The van der Waals surface area contributed by atoms with Crippen molar-refractivity contribution in [1.82, 2.24) is 0 Å². The van der Waals surface area contributed by atoms with Crippen molar-refractivity contribution in [2.45, 2.75) is 19.3 Å². The number of aryl methyl sites for hydroxylation is 1. The first kappa shape index (κ1) is 10.9. The van der Waals surface area contributed by atoms with Crippen LogP contribution in [0.25, 0.3) is 0 Å². The molecule has 0 spiro atoms. The van der Waals surface area contributed by atoms with Crippen molar-refractivity contribution in [3.8, 4) is 5.75 Å². The van der Waals surface area contributed by atoms with Crippen LogP contribution >= 0.6 is 0 Å². The molecule has 0 aromatic heterocycles. The molecule has 2 nitrogen and oxygen atoms in total. The molecule has 0 heterocycles. The normalized spacial score (nSPS) is 10.5. The first-order valence-electron chi connectivity index (χ1n) is 4.52. The molecule has 1 aromatic rings. The van der Waals surface area contributed by atoms with Gasteiger partial charge in [0.25, 0.3) is 0 Å². The summed E-state index contributed by atoms with van der Waals surface area (Å²) in [7, 11) is 0. The second-order valence-electron chi connectivity index (χ2n) is 3.11. The van der Waals surface area contributed by atoms with E-state index in [1.807, 2.05) is 0 Å². The lowest BCUT2D eigenvalue weighted by atomic mass is 10.1. The molecule has 0 bridgehead atoms. The molecule has 0 radical (unpaired) electrons. The summed E-state index contributed by atoms with van der Waals surface area (Å²) in [5.41, 5.74) is 5.61. The number of hydrogen-bond acceptors (Lipinski definition) is 2. The van der Waals surface area contributed by atoms with E-state index < -0.39 is 17.4 Å². The predicted molar refractivity (Wildman–Crippen MR) is 50.0 cm³/mol. The lowest BCUT2D eigenvalue weighted by molar-refractivity contribution is 0.392. The van der Waals surface area contributed by atoms with Gasteiger partial charge >= 0.3 is 0 Å². The number of phenols is 1. The van der Waals surface area contributed by atoms with E-state index in [1.165, 1.54) is 6.07 Å². The molecule has 0 saturated heterocycles. The third-order valence-electron chi connectivity index (χ3n) is 2.05. The van der Waals surface area contributed by atoms with E-state index in [2.05, 4.69) is 0 Å². The highest BCUT2D eigenvalue weighted by molar-refractivity contribution is 5.31. The summed E-state index contributed by atoms with van der Waals surface area (Å²) in [6.07, 6.45) is 1.99. The maximum absolute atomic E-state index is 13.2. The molecule has 14 heavy (non-hydrogen) atoms. The number of benzene rings is 1. The molecular weight excluding hydrogens is 188 g/mol. The summed E-state index contributed by atoms with van der Waals surface area (Å²) in [6.45, 7) is 0.550. The Kier molecular flexibility index (Phi) is 3.83. The minimum Gasteiger partial charge on any atom is -0.503 e. The molecule has 4 heteroatoms. The van der Waals surface area contributed by atoms with Crippen molar-refractivity contribution in [2.75, 3.05) is 6.54 Å². The van der Waals surface area contributed by atoms with Crippen molar-refractivity contribution in [2.24, 2.45) is 5.73 Å². The molecule has 0 amide bonds.